The van der Waals surface area contributed by atoms with Crippen LogP contribution >= 0.6 is 11.6 Å². The maximum atomic E-state index is 13.0. The van der Waals surface area contributed by atoms with Crippen molar-refractivity contribution in [3.63, 3.8) is 0 Å². The number of anilines is 2. The number of fused-ring (bicyclic) bond motifs is 1. The van der Waals surface area contributed by atoms with Crippen LogP contribution in [0.1, 0.15) is 0 Å². The van der Waals surface area contributed by atoms with E-state index in [1.807, 2.05) is 0 Å². The van der Waals surface area contributed by atoms with E-state index in [1.165, 1.54) is 12.1 Å². The van der Waals surface area contributed by atoms with Gasteiger partial charge in [-0.1, -0.05) is 11.6 Å². The first-order chi connectivity index (χ1) is 8.74. The lowest BCUT2D eigenvalue weighted by Crippen LogP contribution is -1.95. The van der Waals surface area contributed by atoms with E-state index in [1.54, 1.807) is 24.6 Å². The quantitative estimate of drug-likeness (QED) is 0.765. The molecule has 0 fully saturated rings. The van der Waals surface area contributed by atoms with Crippen molar-refractivity contribution in [1.29, 1.82) is 0 Å². The summed E-state index contributed by atoms with van der Waals surface area (Å²) in [5.74, 6) is -0.00955. The second kappa shape index (κ2) is 4.27. The maximum Gasteiger partial charge on any atom is 0.196 e. The van der Waals surface area contributed by atoms with Crippen LogP contribution in [0.5, 0.6) is 0 Å². The van der Waals surface area contributed by atoms with E-state index in [0.29, 0.717) is 17.1 Å². The molecular weight excluding hydrogens is 257 g/mol. The van der Waals surface area contributed by atoms with Crippen molar-refractivity contribution in [3.05, 3.63) is 47.6 Å². The molecule has 0 aliphatic carbocycles. The minimum Gasteiger partial charge on any atom is -0.460 e. The Hall–Kier alpha value is -2.14. The summed E-state index contributed by atoms with van der Waals surface area (Å²) >= 11 is 5.70. The topological polar surface area (TPSA) is 51.0 Å². The molecule has 2 heterocycles. The van der Waals surface area contributed by atoms with E-state index in [4.69, 9.17) is 16.0 Å². The van der Waals surface area contributed by atoms with Crippen molar-refractivity contribution in [2.75, 3.05) is 5.32 Å². The van der Waals surface area contributed by atoms with Crippen LogP contribution in [0, 0.1) is 5.82 Å². The first-order valence-electron chi connectivity index (χ1n) is 5.15. The fourth-order valence-corrected chi connectivity index (χ4v) is 1.78. The monoisotopic (exact) mass is 263 g/mol. The number of benzene rings is 1. The fraction of sp³-hybridized carbons (Fsp3) is 0. The summed E-state index contributed by atoms with van der Waals surface area (Å²) in [5.41, 5.74) is 1.20. The van der Waals surface area contributed by atoms with Gasteiger partial charge in [0.2, 0.25) is 0 Å². The molecule has 3 rings (SSSR count). The Morgan fingerprint density at radius 2 is 2.17 bits per heavy atom. The number of furan rings is 1. The van der Waals surface area contributed by atoms with Gasteiger partial charge >= 0.3 is 0 Å². The minimum atomic E-state index is -0.468. The molecule has 6 heteroatoms. The Kier molecular flexibility index (Phi) is 2.60. The van der Waals surface area contributed by atoms with Gasteiger partial charge in [-0.05, 0) is 24.3 Å². The molecule has 0 radical (unpaired) electrons. The molecular formula is C12H7ClFN3O. The molecule has 0 atom stereocenters. The summed E-state index contributed by atoms with van der Waals surface area (Å²) in [7, 11) is 0. The van der Waals surface area contributed by atoms with Gasteiger partial charge in [0.1, 0.15) is 5.82 Å². The Bertz CT molecular complexity index is 713. The molecule has 2 aromatic heterocycles. The first-order valence-corrected chi connectivity index (χ1v) is 5.53. The second-order valence-corrected chi connectivity index (χ2v) is 4.06. The van der Waals surface area contributed by atoms with Crippen molar-refractivity contribution in [2.24, 2.45) is 0 Å². The van der Waals surface area contributed by atoms with Gasteiger partial charge in [-0.2, -0.15) is 5.10 Å². The average Bonchev–Trinajstić information content (AvgIpc) is 2.83. The van der Waals surface area contributed by atoms with Crippen LogP contribution in [0.2, 0.25) is 5.02 Å². The predicted molar refractivity (Wildman–Crippen MR) is 66.5 cm³/mol. The third-order valence-electron chi connectivity index (χ3n) is 2.45. The highest BCUT2D eigenvalue weighted by atomic mass is 35.5. The zero-order chi connectivity index (χ0) is 12.5. The molecule has 0 spiro atoms. The van der Waals surface area contributed by atoms with E-state index in [-0.39, 0.29) is 5.02 Å². The molecule has 0 unspecified atom stereocenters. The predicted octanol–water partition coefficient (Wildman–Crippen LogP) is 3.76. The van der Waals surface area contributed by atoms with Crippen LogP contribution in [0.4, 0.5) is 15.9 Å². The van der Waals surface area contributed by atoms with Gasteiger partial charge in [-0.3, -0.25) is 0 Å². The van der Waals surface area contributed by atoms with E-state index in [9.17, 15) is 4.39 Å². The van der Waals surface area contributed by atoms with Gasteiger partial charge in [-0.25, -0.2) is 4.39 Å². The number of rotatable bonds is 2. The standard InChI is InChI=1S/C12H7ClFN3O/c13-9-5-8(1-2-10(9)14)16-12-11-7(3-4-18-11)6-15-17-12/h1-6H,(H,16,17). The van der Waals surface area contributed by atoms with Gasteiger partial charge in [0.15, 0.2) is 11.4 Å². The lowest BCUT2D eigenvalue weighted by molar-refractivity contribution is 0.614. The van der Waals surface area contributed by atoms with E-state index in [0.717, 1.165) is 5.39 Å². The van der Waals surface area contributed by atoms with Crippen LogP contribution in [-0.2, 0) is 0 Å². The van der Waals surface area contributed by atoms with Crippen molar-refractivity contribution < 1.29 is 8.81 Å². The second-order valence-electron chi connectivity index (χ2n) is 3.65. The lowest BCUT2D eigenvalue weighted by Gasteiger charge is -2.05. The van der Waals surface area contributed by atoms with Crippen LogP contribution in [0.3, 0.4) is 0 Å². The van der Waals surface area contributed by atoms with Crippen molar-refractivity contribution >= 4 is 34.1 Å². The number of hydrogen-bond acceptors (Lipinski definition) is 4. The summed E-state index contributed by atoms with van der Waals surface area (Å²) < 4.78 is 18.3. The van der Waals surface area contributed by atoms with E-state index < -0.39 is 5.82 Å². The number of aromatic nitrogens is 2. The summed E-state index contributed by atoms with van der Waals surface area (Å²) in [6.45, 7) is 0. The van der Waals surface area contributed by atoms with Gasteiger partial charge < -0.3 is 9.73 Å². The summed E-state index contributed by atoms with van der Waals surface area (Å²) in [4.78, 5) is 0. The molecule has 18 heavy (non-hydrogen) atoms. The number of hydrogen-bond donors (Lipinski definition) is 1. The Morgan fingerprint density at radius 1 is 1.28 bits per heavy atom. The Balaban J connectivity index is 2.01. The van der Waals surface area contributed by atoms with Crippen molar-refractivity contribution in [3.8, 4) is 0 Å². The van der Waals surface area contributed by atoms with Crippen LogP contribution < -0.4 is 5.32 Å². The summed E-state index contributed by atoms with van der Waals surface area (Å²) in [6.07, 6.45) is 3.15. The highest BCUT2D eigenvalue weighted by Gasteiger charge is 2.08. The average molecular weight is 264 g/mol. The van der Waals surface area contributed by atoms with Gasteiger partial charge in [0.25, 0.3) is 0 Å². The largest absolute Gasteiger partial charge is 0.460 e. The smallest absolute Gasteiger partial charge is 0.196 e. The Labute approximate surface area is 106 Å². The van der Waals surface area contributed by atoms with Crippen LogP contribution in [0.15, 0.2) is 41.1 Å². The fourth-order valence-electron chi connectivity index (χ4n) is 1.60. The third kappa shape index (κ3) is 1.89. The molecule has 3 aromatic rings. The molecule has 0 amide bonds. The lowest BCUT2D eigenvalue weighted by atomic mass is 10.3. The highest BCUT2D eigenvalue weighted by molar-refractivity contribution is 6.31. The maximum absolute atomic E-state index is 13.0. The molecule has 0 aliphatic heterocycles. The molecule has 1 N–H and O–H groups in total. The third-order valence-corrected chi connectivity index (χ3v) is 2.74. The van der Waals surface area contributed by atoms with E-state index >= 15 is 0 Å². The zero-order valence-electron chi connectivity index (χ0n) is 9.02. The van der Waals surface area contributed by atoms with Gasteiger partial charge in [-0.15, -0.1) is 5.10 Å². The van der Waals surface area contributed by atoms with Crippen LogP contribution in [0.25, 0.3) is 11.0 Å². The zero-order valence-corrected chi connectivity index (χ0v) is 9.78. The SMILES string of the molecule is Fc1ccc(Nc2nncc3ccoc23)cc1Cl. The molecule has 0 bridgehead atoms. The number of nitrogens with zero attached hydrogens (tertiary/aromatic N) is 2. The molecule has 0 aliphatic rings. The van der Waals surface area contributed by atoms with E-state index in [2.05, 4.69) is 15.5 Å². The molecule has 0 saturated heterocycles. The van der Waals surface area contributed by atoms with Crippen LogP contribution in [-0.4, -0.2) is 10.2 Å². The number of halogens is 2. The normalized spacial score (nSPS) is 10.8. The summed E-state index contributed by atoms with van der Waals surface area (Å²) in [5, 5.41) is 11.6. The summed E-state index contributed by atoms with van der Waals surface area (Å²) in [6, 6.07) is 6.10. The number of nitrogens with one attached hydrogen (secondary N) is 1. The van der Waals surface area contributed by atoms with Crippen molar-refractivity contribution in [2.45, 2.75) is 0 Å². The molecule has 0 saturated carbocycles. The molecule has 90 valence electrons. The molecule has 4 nitrogen and oxygen atoms in total. The molecule has 1 aromatic carbocycles. The van der Waals surface area contributed by atoms with Gasteiger partial charge in [0.05, 0.1) is 17.5 Å². The van der Waals surface area contributed by atoms with Crippen molar-refractivity contribution in [1.82, 2.24) is 10.2 Å². The minimum absolute atomic E-state index is 0.0413. The highest BCUT2D eigenvalue weighted by Crippen LogP contribution is 2.26. The first kappa shape index (κ1) is 11.0. The van der Waals surface area contributed by atoms with Gasteiger partial charge in [0, 0.05) is 11.1 Å². The Morgan fingerprint density at radius 3 is 3.00 bits per heavy atom.